The monoisotopic (exact) mass is 264 g/mol. The number of hydrogen-bond donors (Lipinski definition) is 0. The van der Waals surface area contributed by atoms with E-state index < -0.39 is 0 Å². The largest absolute Gasteiger partial charge is 0.463 e. The Morgan fingerprint density at radius 3 is 3.00 bits per heavy atom. The Labute approximate surface area is 113 Å². The molecule has 0 radical (unpaired) electrons. The molecule has 0 spiro atoms. The fourth-order valence-electron chi connectivity index (χ4n) is 2.13. The van der Waals surface area contributed by atoms with Crippen LogP contribution < -0.4 is 0 Å². The van der Waals surface area contributed by atoms with Crippen LogP contribution in [0.1, 0.15) is 36.0 Å². The molecule has 1 atom stereocenters. The molecule has 0 amide bonds. The van der Waals surface area contributed by atoms with Crippen molar-refractivity contribution in [1.29, 1.82) is 0 Å². The fraction of sp³-hybridized carbons (Fsp3) is 0.533. The molecular formula is C15H20O4. The predicted molar refractivity (Wildman–Crippen MR) is 70.4 cm³/mol. The molecule has 1 aliphatic rings. The summed E-state index contributed by atoms with van der Waals surface area (Å²) in [5, 5.41) is 0. The third-order valence-corrected chi connectivity index (χ3v) is 3.29. The standard InChI is InChI=1S/C15H20O4/c1-12-5-6-13(8-14(12)10-17-11-16)9-19-15-4-2-3-7-18-15/h5-6,8,11,15H,2-4,7,9-10H2,1H3. The maximum absolute atomic E-state index is 10.2. The maximum Gasteiger partial charge on any atom is 0.293 e. The van der Waals surface area contributed by atoms with Crippen LogP contribution in [-0.4, -0.2) is 19.4 Å². The second-order valence-corrected chi connectivity index (χ2v) is 4.78. The molecule has 4 nitrogen and oxygen atoms in total. The molecule has 1 aromatic carbocycles. The summed E-state index contributed by atoms with van der Waals surface area (Å²) in [6, 6.07) is 6.06. The van der Waals surface area contributed by atoms with Crippen molar-refractivity contribution in [3.63, 3.8) is 0 Å². The van der Waals surface area contributed by atoms with Crippen LogP contribution in [0.15, 0.2) is 18.2 Å². The van der Waals surface area contributed by atoms with E-state index in [0.29, 0.717) is 19.7 Å². The lowest BCUT2D eigenvalue weighted by Crippen LogP contribution is -2.22. The van der Waals surface area contributed by atoms with Crippen LogP contribution in [0.2, 0.25) is 0 Å². The van der Waals surface area contributed by atoms with Crippen LogP contribution >= 0.6 is 0 Å². The van der Waals surface area contributed by atoms with Gasteiger partial charge in [-0.15, -0.1) is 0 Å². The third kappa shape index (κ3) is 4.33. The third-order valence-electron chi connectivity index (χ3n) is 3.29. The van der Waals surface area contributed by atoms with Crippen molar-refractivity contribution in [1.82, 2.24) is 0 Å². The molecule has 1 fully saturated rings. The Bertz CT molecular complexity index is 411. The summed E-state index contributed by atoms with van der Waals surface area (Å²) in [4.78, 5) is 10.2. The van der Waals surface area contributed by atoms with Crippen molar-refractivity contribution in [2.45, 2.75) is 45.7 Å². The Kier molecular flexibility index (Phi) is 5.36. The van der Waals surface area contributed by atoms with E-state index in [0.717, 1.165) is 42.6 Å². The van der Waals surface area contributed by atoms with E-state index in [9.17, 15) is 4.79 Å². The second kappa shape index (κ2) is 7.26. The summed E-state index contributed by atoms with van der Waals surface area (Å²) in [7, 11) is 0. The van der Waals surface area contributed by atoms with E-state index >= 15 is 0 Å². The van der Waals surface area contributed by atoms with Gasteiger partial charge in [0.1, 0.15) is 6.61 Å². The molecule has 1 aromatic rings. The number of carbonyl (C=O) groups excluding carboxylic acids is 1. The van der Waals surface area contributed by atoms with Gasteiger partial charge in [-0.2, -0.15) is 0 Å². The molecule has 1 saturated heterocycles. The molecule has 0 aliphatic carbocycles. The molecular weight excluding hydrogens is 244 g/mol. The first-order chi connectivity index (χ1) is 9.29. The van der Waals surface area contributed by atoms with E-state index in [1.54, 1.807) is 0 Å². The summed E-state index contributed by atoms with van der Waals surface area (Å²) in [5.74, 6) is 0. The highest BCUT2D eigenvalue weighted by Gasteiger charge is 2.14. The van der Waals surface area contributed by atoms with Crippen molar-refractivity contribution in [3.8, 4) is 0 Å². The molecule has 0 N–H and O–H groups in total. The molecule has 2 rings (SSSR count). The lowest BCUT2D eigenvalue weighted by atomic mass is 10.1. The number of hydrogen-bond acceptors (Lipinski definition) is 4. The number of rotatable bonds is 6. The lowest BCUT2D eigenvalue weighted by Gasteiger charge is -2.22. The van der Waals surface area contributed by atoms with Gasteiger partial charge in [-0.3, -0.25) is 4.79 Å². The summed E-state index contributed by atoms with van der Waals surface area (Å²) < 4.78 is 16.1. The average molecular weight is 264 g/mol. The van der Waals surface area contributed by atoms with Crippen molar-refractivity contribution in [3.05, 3.63) is 34.9 Å². The van der Waals surface area contributed by atoms with Gasteiger partial charge in [0.15, 0.2) is 6.29 Å². The SMILES string of the molecule is Cc1ccc(COC2CCCCO2)cc1COC=O. The first kappa shape index (κ1) is 14.0. The van der Waals surface area contributed by atoms with Gasteiger partial charge in [-0.25, -0.2) is 0 Å². The average Bonchev–Trinajstić information content (AvgIpc) is 2.46. The van der Waals surface area contributed by atoms with Crippen LogP contribution in [0.4, 0.5) is 0 Å². The fourth-order valence-corrected chi connectivity index (χ4v) is 2.13. The van der Waals surface area contributed by atoms with Crippen molar-refractivity contribution < 1.29 is 19.0 Å². The molecule has 1 heterocycles. The van der Waals surface area contributed by atoms with Gasteiger partial charge >= 0.3 is 0 Å². The highest BCUT2D eigenvalue weighted by atomic mass is 16.7. The van der Waals surface area contributed by atoms with Crippen LogP contribution in [0.25, 0.3) is 0 Å². The van der Waals surface area contributed by atoms with Gasteiger partial charge in [0.05, 0.1) is 6.61 Å². The first-order valence-electron chi connectivity index (χ1n) is 6.66. The molecule has 19 heavy (non-hydrogen) atoms. The zero-order valence-electron chi connectivity index (χ0n) is 11.3. The van der Waals surface area contributed by atoms with E-state index in [2.05, 4.69) is 0 Å². The molecule has 104 valence electrons. The number of aryl methyl sites for hydroxylation is 1. The number of ether oxygens (including phenoxy) is 3. The van der Waals surface area contributed by atoms with Crippen LogP contribution in [0.5, 0.6) is 0 Å². The minimum absolute atomic E-state index is 0.0790. The quantitative estimate of drug-likeness (QED) is 0.741. The van der Waals surface area contributed by atoms with E-state index in [-0.39, 0.29) is 6.29 Å². The molecule has 0 aromatic heterocycles. The molecule has 0 bridgehead atoms. The molecule has 1 aliphatic heterocycles. The molecule has 0 saturated carbocycles. The maximum atomic E-state index is 10.2. The van der Waals surface area contributed by atoms with Gasteiger partial charge < -0.3 is 14.2 Å². The highest BCUT2D eigenvalue weighted by Crippen LogP contribution is 2.17. The van der Waals surface area contributed by atoms with E-state index in [4.69, 9.17) is 14.2 Å². The predicted octanol–water partition coefficient (Wildman–Crippen LogP) is 2.71. The van der Waals surface area contributed by atoms with Gasteiger partial charge in [-0.05, 0) is 48.9 Å². The van der Waals surface area contributed by atoms with Gasteiger partial charge in [0.25, 0.3) is 6.47 Å². The van der Waals surface area contributed by atoms with Crippen molar-refractivity contribution in [2.24, 2.45) is 0 Å². The minimum Gasteiger partial charge on any atom is -0.463 e. The second-order valence-electron chi connectivity index (χ2n) is 4.78. The summed E-state index contributed by atoms with van der Waals surface area (Å²) in [5.41, 5.74) is 3.20. The van der Waals surface area contributed by atoms with Crippen LogP contribution in [0.3, 0.4) is 0 Å². The smallest absolute Gasteiger partial charge is 0.293 e. The molecule has 4 heteroatoms. The van der Waals surface area contributed by atoms with E-state index in [1.807, 2.05) is 25.1 Å². The number of carbonyl (C=O) groups is 1. The van der Waals surface area contributed by atoms with Crippen LogP contribution in [0, 0.1) is 6.92 Å². The minimum atomic E-state index is -0.0790. The van der Waals surface area contributed by atoms with Crippen molar-refractivity contribution in [2.75, 3.05) is 6.61 Å². The summed E-state index contributed by atoms with van der Waals surface area (Å²) in [6.07, 6.45) is 3.17. The zero-order chi connectivity index (χ0) is 13.5. The topological polar surface area (TPSA) is 44.8 Å². The highest BCUT2D eigenvalue weighted by molar-refractivity contribution is 5.38. The Morgan fingerprint density at radius 2 is 2.26 bits per heavy atom. The normalized spacial score (nSPS) is 19.1. The number of benzene rings is 1. The lowest BCUT2D eigenvalue weighted by molar-refractivity contribution is -0.168. The van der Waals surface area contributed by atoms with Gasteiger partial charge in [-0.1, -0.05) is 12.1 Å². The van der Waals surface area contributed by atoms with Gasteiger partial charge in [0.2, 0.25) is 0 Å². The van der Waals surface area contributed by atoms with Crippen molar-refractivity contribution >= 4 is 6.47 Å². The Hall–Kier alpha value is -1.39. The summed E-state index contributed by atoms with van der Waals surface area (Å²) in [6.45, 7) is 4.09. The van der Waals surface area contributed by atoms with E-state index in [1.165, 1.54) is 0 Å². The first-order valence-corrected chi connectivity index (χ1v) is 6.66. The Morgan fingerprint density at radius 1 is 1.37 bits per heavy atom. The summed E-state index contributed by atoms with van der Waals surface area (Å²) >= 11 is 0. The zero-order valence-corrected chi connectivity index (χ0v) is 11.3. The molecule has 1 unspecified atom stereocenters. The Balaban J connectivity index is 1.90. The van der Waals surface area contributed by atoms with Gasteiger partial charge in [0, 0.05) is 6.61 Å². The van der Waals surface area contributed by atoms with Crippen LogP contribution in [-0.2, 0) is 32.2 Å².